The van der Waals surface area contributed by atoms with Crippen LogP contribution in [0, 0.1) is 22.7 Å². The van der Waals surface area contributed by atoms with E-state index in [-0.39, 0.29) is 13.1 Å². The summed E-state index contributed by atoms with van der Waals surface area (Å²) in [4.78, 5) is 16.3. The van der Waals surface area contributed by atoms with Crippen LogP contribution in [-0.4, -0.2) is 28.9 Å². The van der Waals surface area contributed by atoms with Gasteiger partial charge >= 0.3 is 0 Å². The lowest BCUT2D eigenvalue weighted by atomic mass is 10.2. The Kier molecular flexibility index (Phi) is 3.35. The fraction of sp³-hybridized carbons (Fsp3) is 0.154. The number of nitriles is 2. The van der Waals surface area contributed by atoms with E-state index < -0.39 is 5.91 Å². The van der Waals surface area contributed by atoms with E-state index in [1.54, 1.807) is 18.2 Å². The summed E-state index contributed by atoms with van der Waals surface area (Å²) in [6, 6.07) is 10.7. The van der Waals surface area contributed by atoms with Crippen molar-refractivity contribution in [2.75, 3.05) is 18.8 Å². The van der Waals surface area contributed by atoms with Gasteiger partial charge in [-0.15, -0.1) is 0 Å². The number of carbonyl (C=O) groups is 1. The van der Waals surface area contributed by atoms with Gasteiger partial charge < -0.3 is 15.6 Å². The molecule has 6 heteroatoms. The highest BCUT2D eigenvalue weighted by Crippen LogP contribution is 2.21. The van der Waals surface area contributed by atoms with Gasteiger partial charge in [0, 0.05) is 5.39 Å². The quantitative estimate of drug-likeness (QED) is 0.633. The van der Waals surface area contributed by atoms with Gasteiger partial charge in [-0.2, -0.15) is 10.5 Å². The van der Waals surface area contributed by atoms with Crippen LogP contribution in [0.2, 0.25) is 0 Å². The molecule has 0 unspecified atom stereocenters. The van der Waals surface area contributed by atoms with Crippen LogP contribution in [0.3, 0.4) is 0 Å². The number of nitrogens with two attached hydrogens (primary N) is 1. The standard InChI is InChI=1S/C13H11N5O/c14-4-6-18(7-5-15)13(19)11-8-9-2-1-3-10(16)12(9)17-11/h1-3,8,17H,6-7,16H2. The van der Waals surface area contributed by atoms with Gasteiger partial charge in [0.25, 0.3) is 5.91 Å². The molecule has 1 heterocycles. The van der Waals surface area contributed by atoms with E-state index in [0.29, 0.717) is 16.9 Å². The van der Waals surface area contributed by atoms with E-state index in [9.17, 15) is 4.79 Å². The number of para-hydroxylation sites is 1. The first kappa shape index (κ1) is 12.5. The first-order valence-electron chi connectivity index (χ1n) is 5.57. The van der Waals surface area contributed by atoms with Gasteiger partial charge in [0.15, 0.2) is 0 Å². The van der Waals surface area contributed by atoms with Crippen molar-refractivity contribution in [3.8, 4) is 12.1 Å². The van der Waals surface area contributed by atoms with Crippen LogP contribution in [0.25, 0.3) is 10.9 Å². The summed E-state index contributed by atoms with van der Waals surface area (Å²) in [5, 5.41) is 18.1. The maximum absolute atomic E-state index is 12.2. The van der Waals surface area contributed by atoms with Crippen molar-refractivity contribution in [1.29, 1.82) is 10.5 Å². The average molecular weight is 253 g/mol. The van der Waals surface area contributed by atoms with E-state index in [1.165, 1.54) is 4.90 Å². The topological polar surface area (TPSA) is 110 Å². The molecule has 6 nitrogen and oxygen atoms in total. The summed E-state index contributed by atoms with van der Waals surface area (Å²) in [6.45, 7) is -0.255. The lowest BCUT2D eigenvalue weighted by Gasteiger charge is -2.14. The van der Waals surface area contributed by atoms with E-state index in [1.807, 2.05) is 18.2 Å². The maximum atomic E-state index is 12.2. The van der Waals surface area contributed by atoms with Gasteiger partial charge in [0.1, 0.15) is 18.8 Å². The van der Waals surface area contributed by atoms with Gasteiger partial charge in [0.2, 0.25) is 0 Å². The monoisotopic (exact) mass is 253 g/mol. The highest BCUT2D eigenvalue weighted by Gasteiger charge is 2.17. The maximum Gasteiger partial charge on any atom is 0.272 e. The number of carbonyl (C=O) groups excluding carboxylic acids is 1. The number of nitrogen functional groups attached to an aromatic ring is 1. The van der Waals surface area contributed by atoms with E-state index >= 15 is 0 Å². The van der Waals surface area contributed by atoms with Gasteiger partial charge in [0.05, 0.1) is 23.3 Å². The van der Waals surface area contributed by atoms with E-state index in [0.717, 1.165) is 5.39 Å². The lowest BCUT2D eigenvalue weighted by Crippen LogP contribution is -2.31. The molecule has 0 aliphatic heterocycles. The highest BCUT2D eigenvalue weighted by atomic mass is 16.2. The number of amides is 1. The van der Waals surface area contributed by atoms with Gasteiger partial charge in [-0.25, -0.2) is 0 Å². The van der Waals surface area contributed by atoms with Gasteiger partial charge in [-0.3, -0.25) is 4.79 Å². The van der Waals surface area contributed by atoms with Crippen LogP contribution in [0.1, 0.15) is 10.5 Å². The minimum absolute atomic E-state index is 0.128. The molecular weight excluding hydrogens is 242 g/mol. The molecule has 94 valence electrons. The molecule has 0 aliphatic rings. The minimum atomic E-state index is -0.390. The number of fused-ring (bicyclic) bond motifs is 1. The molecule has 2 aromatic rings. The molecule has 1 aromatic carbocycles. The number of H-pyrrole nitrogens is 1. The zero-order valence-electron chi connectivity index (χ0n) is 10.1. The molecule has 19 heavy (non-hydrogen) atoms. The van der Waals surface area contributed by atoms with Crippen LogP contribution in [-0.2, 0) is 0 Å². The molecule has 0 spiro atoms. The summed E-state index contributed by atoms with van der Waals surface area (Å²) < 4.78 is 0. The lowest BCUT2D eigenvalue weighted by molar-refractivity contribution is 0.0790. The fourth-order valence-electron chi connectivity index (χ4n) is 1.84. The summed E-state index contributed by atoms with van der Waals surface area (Å²) in [5.74, 6) is -0.390. The smallest absolute Gasteiger partial charge is 0.272 e. The second-order valence-corrected chi connectivity index (χ2v) is 3.97. The number of aromatic amines is 1. The summed E-state index contributed by atoms with van der Waals surface area (Å²) >= 11 is 0. The number of rotatable bonds is 3. The molecule has 2 rings (SSSR count). The SMILES string of the molecule is N#CCN(CC#N)C(=O)c1cc2cccc(N)c2[nH]1. The first-order valence-corrected chi connectivity index (χ1v) is 5.57. The Morgan fingerprint density at radius 3 is 2.58 bits per heavy atom. The Morgan fingerprint density at radius 2 is 2.00 bits per heavy atom. The number of nitrogens with one attached hydrogen (secondary N) is 1. The Morgan fingerprint density at radius 1 is 1.32 bits per heavy atom. The first-order chi connectivity index (χ1) is 9.17. The molecule has 0 saturated carbocycles. The number of nitrogens with zero attached hydrogens (tertiary/aromatic N) is 3. The third-order valence-electron chi connectivity index (χ3n) is 2.73. The van der Waals surface area contributed by atoms with E-state index in [4.69, 9.17) is 16.3 Å². The van der Waals surface area contributed by atoms with Crippen molar-refractivity contribution < 1.29 is 4.79 Å². The van der Waals surface area contributed by atoms with Crippen molar-refractivity contribution >= 4 is 22.5 Å². The van der Waals surface area contributed by atoms with Crippen LogP contribution < -0.4 is 5.73 Å². The molecule has 3 N–H and O–H groups in total. The molecule has 0 atom stereocenters. The third-order valence-corrected chi connectivity index (χ3v) is 2.73. The zero-order valence-corrected chi connectivity index (χ0v) is 10.1. The van der Waals surface area contributed by atoms with Crippen molar-refractivity contribution in [2.45, 2.75) is 0 Å². The summed E-state index contributed by atoms with van der Waals surface area (Å²) in [6.07, 6.45) is 0. The second-order valence-electron chi connectivity index (χ2n) is 3.97. The van der Waals surface area contributed by atoms with Crippen LogP contribution >= 0.6 is 0 Å². The predicted molar refractivity (Wildman–Crippen MR) is 69.8 cm³/mol. The van der Waals surface area contributed by atoms with Crippen LogP contribution in [0.4, 0.5) is 5.69 Å². The molecule has 0 fully saturated rings. The summed E-state index contributed by atoms with van der Waals surface area (Å²) in [5.41, 5.74) is 7.35. The number of hydrogen-bond donors (Lipinski definition) is 2. The Balaban J connectivity index is 2.39. The highest BCUT2D eigenvalue weighted by molar-refractivity contribution is 6.01. The Hall–Kier alpha value is -2.99. The van der Waals surface area contributed by atoms with E-state index in [2.05, 4.69) is 4.98 Å². The number of hydrogen-bond acceptors (Lipinski definition) is 4. The normalized spacial score (nSPS) is 9.79. The van der Waals surface area contributed by atoms with Crippen LogP contribution in [0.15, 0.2) is 24.3 Å². The van der Waals surface area contributed by atoms with Crippen LogP contribution in [0.5, 0.6) is 0 Å². The van der Waals surface area contributed by atoms with Gasteiger partial charge in [-0.1, -0.05) is 12.1 Å². The minimum Gasteiger partial charge on any atom is -0.397 e. The molecule has 0 saturated heterocycles. The molecular formula is C13H11N5O. The van der Waals surface area contributed by atoms with Crippen molar-refractivity contribution in [3.63, 3.8) is 0 Å². The summed E-state index contributed by atoms with van der Waals surface area (Å²) in [7, 11) is 0. The molecule has 1 amide bonds. The Labute approximate surface area is 109 Å². The molecule has 0 aliphatic carbocycles. The predicted octanol–water partition coefficient (Wildman–Crippen LogP) is 1.24. The number of anilines is 1. The van der Waals surface area contributed by atoms with Crippen molar-refractivity contribution in [1.82, 2.24) is 9.88 Å². The number of aromatic nitrogens is 1. The zero-order chi connectivity index (χ0) is 13.8. The van der Waals surface area contributed by atoms with Crippen molar-refractivity contribution in [2.24, 2.45) is 0 Å². The van der Waals surface area contributed by atoms with Gasteiger partial charge in [-0.05, 0) is 12.1 Å². The number of benzene rings is 1. The molecule has 0 radical (unpaired) electrons. The fourth-order valence-corrected chi connectivity index (χ4v) is 1.84. The van der Waals surface area contributed by atoms with Crippen molar-refractivity contribution in [3.05, 3.63) is 30.0 Å². The Bertz CT molecular complexity index is 688. The molecule has 0 bridgehead atoms. The third kappa shape index (κ3) is 2.33. The second kappa shape index (κ2) is 5.11. The average Bonchev–Trinajstić information content (AvgIpc) is 2.83. The largest absolute Gasteiger partial charge is 0.397 e. The molecule has 1 aromatic heterocycles.